The lowest BCUT2D eigenvalue weighted by molar-refractivity contribution is -0.384. The van der Waals surface area contributed by atoms with Crippen molar-refractivity contribution in [2.24, 2.45) is 0 Å². The van der Waals surface area contributed by atoms with Crippen LogP contribution in [0.15, 0.2) is 18.2 Å². The fraction of sp³-hybridized carbons (Fsp3) is 0.571. The lowest BCUT2D eigenvalue weighted by Gasteiger charge is -2.34. The van der Waals surface area contributed by atoms with Crippen molar-refractivity contribution < 1.29 is 4.92 Å². The molecule has 20 heavy (non-hydrogen) atoms. The highest BCUT2D eigenvalue weighted by Crippen LogP contribution is 2.26. The maximum atomic E-state index is 10.9. The Morgan fingerprint density at radius 3 is 2.75 bits per heavy atom. The number of hydrogen-bond acceptors (Lipinski definition) is 4. The van der Waals surface area contributed by atoms with Crippen LogP contribution in [0.2, 0.25) is 5.02 Å². The van der Waals surface area contributed by atoms with Gasteiger partial charge in [0.25, 0.3) is 5.69 Å². The summed E-state index contributed by atoms with van der Waals surface area (Å²) in [4.78, 5) is 13.0. The highest BCUT2D eigenvalue weighted by atomic mass is 35.5. The van der Waals surface area contributed by atoms with E-state index in [2.05, 4.69) is 17.1 Å². The molecule has 1 aliphatic rings. The molecule has 1 fully saturated rings. The van der Waals surface area contributed by atoms with Gasteiger partial charge in [-0.15, -0.1) is 0 Å². The molecule has 1 aromatic rings. The van der Waals surface area contributed by atoms with Crippen molar-refractivity contribution in [2.45, 2.75) is 25.8 Å². The Labute approximate surface area is 124 Å². The Balaban J connectivity index is 2.10. The van der Waals surface area contributed by atoms with Crippen LogP contribution < -0.4 is 5.32 Å². The Kier molecular flexibility index (Phi) is 5.34. The Bertz CT molecular complexity index is 475. The van der Waals surface area contributed by atoms with E-state index in [0.717, 1.165) is 44.6 Å². The normalized spacial score (nSPS) is 17.9. The minimum absolute atomic E-state index is 0.000620. The first-order chi connectivity index (χ1) is 9.61. The maximum Gasteiger partial charge on any atom is 0.288 e. The van der Waals surface area contributed by atoms with Crippen molar-refractivity contribution in [3.8, 4) is 0 Å². The molecule has 0 aromatic heterocycles. The third-order valence-corrected chi connectivity index (χ3v) is 4.14. The molecule has 1 saturated heterocycles. The number of nitro benzene ring substituents is 1. The van der Waals surface area contributed by atoms with Crippen LogP contribution in [0.3, 0.4) is 0 Å². The predicted octanol–water partition coefficient (Wildman–Crippen LogP) is 2.47. The monoisotopic (exact) mass is 297 g/mol. The van der Waals surface area contributed by atoms with E-state index in [1.165, 1.54) is 0 Å². The second-order valence-electron chi connectivity index (χ2n) is 5.10. The summed E-state index contributed by atoms with van der Waals surface area (Å²) in [6, 6.07) is 5.55. The van der Waals surface area contributed by atoms with E-state index >= 15 is 0 Å². The van der Waals surface area contributed by atoms with E-state index in [1.807, 2.05) is 6.07 Å². The summed E-state index contributed by atoms with van der Waals surface area (Å²) in [5, 5.41) is 14.5. The van der Waals surface area contributed by atoms with E-state index in [4.69, 9.17) is 11.6 Å². The largest absolute Gasteiger partial charge is 0.314 e. The van der Waals surface area contributed by atoms with Gasteiger partial charge in [-0.25, -0.2) is 0 Å². The van der Waals surface area contributed by atoms with Crippen LogP contribution in [0, 0.1) is 10.1 Å². The summed E-state index contributed by atoms with van der Waals surface area (Å²) in [6.07, 6.45) is 1.87. The molecule has 1 heterocycles. The molecule has 6 heteroatoms. The van der Waals surface area contributed by atoms with Gasteiger partial charge in [0.2, 0.25) is 0 Å². The number of benzene rings is 1. The van der Waals surface area contributed by atoms with Gasteiger partial charge in [-0.2, -0.15) is 0 Å². The summed E-state index contributed by atoms with van der Waals surface area (Å²) >= 11 is 5.85. The first kappa shape index (κ1) is 15.2. The van der Waals surface area contributed by atoms with Gasteiger partial charge in [-0.3, -0.25) is 15.0 Å². The van der Waals surface area contributed by atoms with E-state index in [9.17, 15) is 10.1 Å². The van der Waals surface area contributed by atoms with Gasteiger partial charge in [-0.1, -0.05) is 24.6 Å². The van der Waals surface area contributed by atoms with Crippen molar-refractivity contribution in [2.75, 3.05) is 26.2 Å². The molecular weight excluding hydrogens is 278 g/mol. The molecule has 1 atom stereocenters. The van der Waals surface area contributed by atoms with Crippen LogP contribution >= 0.6 is 11.6 Å². The molecule has 110 valence electrons. The third-order valence-electron chi connectivity index (χ3n) is 3.82. The molecule has 0 spiro atoms. The van der Waals surface area contributed by atoms with E-state index < -0.39 is 4.92 Å². The fourth-order valence-electron chi connectivity index (χ4n) is 2.68. The lowest BCUT2D eigenvalue weighted by Crippen LogP contribution is -2.48. The quantitative estimate of drug-likeness (QED) is 0.670. The highest BCUT2D eigenvalue weighted by molar-refractivity contribution is 6.32. The molecule has 0 bridgehead atoms. The zero-order chi connectivity index (χ0) is 14.5. The molecule has 0 aliphatic carbocycles. The van der Waals surface area contributed by atoms with Crippen LogP contribution in [-0.4, -0.2) is 42.0 Å². The summed E-state index contributed by atoms with van der Waals surface area (Å²) in [5.74, 6) is 0. The van der Waals surface area contributed by atoms with Crippen molar-refractivity contribution in [3.05, 3.63) is 38.9 Å². The molecule has 1 unspecified atom stereocenters. The summed E-state index contributed by atoms with van der Waals surface area (Å²) < 4.78 is 0. The second-order valence-corrected chi connectivity index (χ2v) is 5.50. The number of nitrogens with one attached hydrogen (secondary N) is 1. The average Bonchev–Trinajstić information content (AvgIpc) is 2.47. The van der Waals surface area contributed by atoms with Gasteiger partial charge < -0.3 is 5.32 Å². The number of rotatable bonds is 5. The van der Waals surface area contributed by atoms with Crippen molar-refractivity contribution in [3.63, 3.8) is 0 Å². The van der Waals surface area contributed by atoms with Crippen LogP contribution in [0.25, 0.3) is 0 Å². The smallest absolute Gasteiger partial charge is 0.288 e. The molecule has 0 amide bonds. The zero-order valence-corrected chi connectivity index (χ0v) is 12.4. The zero-order valence-electron chi connectivity index (χ0n) is 11.6. The van der Waals surface area contributed by atoms with Crippen LogP contribution in [0.1, 0.15) is 18.9 Å². The van der Waals surface area contributed by atoms with E-state index in [1.54, 1.807) is 12.1 Å². The first-order valence-corrected chi connectivity index (χ1v) is 7.37. The molecule has 0 radical (unpaired) electrons. The molecule has 2 rings (SSSR count). The lowest BCUT2D eigenvalue weighted by atomic mass is 10.0. The van der Waals surface area contributed by atoms with E-state index in [0.29, 0.717) is 6.04 Å². The first-order valence-electron chi connectivity index (χ1n) is 6.99. The standard InChI is InChI=1S/C14H20ClN3O2/c1-2-12(17-7-5-16-6-8-17)9-11-3-4-13(15)14(10-11)18(19)20/h3-4,10,12,16H,2,5-9H2,1H3. The van der Waals surface area contributed by atoms with E-state index in [-0.39, 0.29) is 10.7 Å². The molecule has 1 aromatic carbocycles. The fourth-order valence-corrected chi connectivity index (χ4v) is 2.86. The predicted molar refractivity (Wildman–Crippen MR) is 80.3 cm³/mol. The highest BCUT2D eigenvalue weighted by Gasteiger charge is 2.20. The summed E-state index contributed by atoms with van der Waals surface area (Å²) in [6.45, 7) is 6.26. The Morgan fingerprint density at radius 2 is 2.15 bits per heavy atom. The average molecular weight is 298 g/mol. The number of nitro groups is 1. The van der Waals surface area contributed by atoms with Gasteiger partial charge in [0.15, 0.2) is 0 Å². The number of piperazine rings is 1. The van der Waals surface area contributed by atoms with Crippen LogP contribution in [-0.2, 0) is 6.42 Å². The number of halogens is 1. The SMILES string of the molecule is CCC(Cc1ccc(Cl)c([N+](=O)[O-])c1)N1CCNCC1. The summed E-state index contributed by atoms with van der Waals surface area (Å²) in [5.41, 5.74) is 0.978. The van der Waals surface area contributed by atoms with Crippen molar-refractivity contribution >= 4 is 17.3 Å². The van der Waals surface area contributed by atoms with Gasteiger partial charge >= 0.3 is 0 Å². The third kappa shape index (κ3) is 3.69. The number of nitrogens with zero attached hydrogens (tertiary/aromatic N) is 2. The second kappa shape index (κ2) is 7.02. The minimum Gasteiger partial charge on any atom is -0.314 e. The van der Waals surface area contributed by atoms with Gasteiger partial charge in [-0.05, 0) is 24.5 Å². The molecular formula is C14H20ClN3O2. The minimum atomic E-state index is -0.419. The van der Waals surface area contributed by atoms with Crippen molar-refractivity contribution in [1.29, 1.82) is 0 Å². The Morgan fingerprint density at radius 1 is 1.45 bits per heavy atom. The van der Waals surface area contributed by atoms with Crippen LogP contribution in [0.5, 0.6) is 0 Å². The van der Waals surface area contributed by atoms with Crippen LogP contribution in [0.4, 0.5) is 5.69 Å². The maximum absolute atomic E-state index is 10.9. The van der Waals surface area contributed by atoms with Gasteiger partial charge in [0.1, 0.15) is 5.02 Å². The van der Waals surface area contributed by atoms with Gasteiger partial charge in [0.05, 0.1) is 4.92 Å². The topological polar surface area (TPSA) is 58.4 Å². The molecule has 1 N–H and O–H groups in total. The molecule has 1 aliphatic heterocycles. The molecule has 5 nitrogen and oxygen atoms in total. The van der Waals surface area contributed by atoms with Crippen molar-refractivity contribution in [1.82, 2.24) is 10.2 Å². The summed E-state index contributed by atoms with van der Waals surface area (Å²) in [7, 11) is 0. The molecule has 0 saturated carbocycles. The number of hydrogen-bond donors (Lipinski definition) is 1. The Hall–Kier alpha value is -1.17. The van der Waals surface area contributed by atoms with Gasteiger partial charge in [0, 0.05) is 38.3 Å².